The Morgan fingerprint density at radius 3 is 2.42 bits per heavy atom. The van der Waals surface area contributed by atoms with Crippen molar-refractivity contribution < 1.29 is 0 Å². The Morgan fingerprint density at radius 2 is 1.84 bits per heavy atom. The lowest BCUT2D eigenvalue weighted by Gasteiger charge is -2.09. The van der Waals surface area contributed by atoms with Gasteiger partial charge in [0.1, 0.15) is 10.5 Å². The van der Waals surface area contributed by atoms with Crippen LogP contribution in [0.1, 0.15) is 30.2 Å². The maximum absolute atomic E-state index is 5.25. The van der Waals surface area contributed by atoms with Crippen LogP contribution in [-0.2, 0) is 6.42 Å². The van der Waals surface area contributed by atoms with Crippen LogP contribution >= 0.6 is 28.1 Å². The third kappa shape index (κ3) is 3.31. The molecule has 0 spiro atoms. The van der Waals surface area contributed by atoms with Crippen molar-refractivity contribution in [3.05, 3.63) is 44.1 Å². The summed E-state index contributed by atoms with van der Waals surface area (Å²) in [5.41, 5.74) is 4.65. The number of aromatic amines is 1. The van der Waals surface area contributed by atoms with Gasteiger partial charge in [0.05, 0.1) is 0 Å². The highest BCUT2D eigenvalue weighted by molar-refractivity contribution is 9.10. The van der Waals surface area contributed by atoms with Gasteiger partial charge in [-0.05, 0) is 49.6 Å². The molecule has 0 radical (unpaired) electrons. The van der Waals surface area contributed by atoms with Crippen LogP contribution in [0.25, 0.3) is 11.4 Å². The number of hydrogen-bond acceptors (Lipinski definition) is 2. The zero-order valence-electron chi connectivity index (χ0n) is 11.4. The van der Waals surface area contributed by atoms with Gasteiger partial charge in [0, 0.05) is 15.7 Å². The number of nitrogens with zero attached hydrogens (tertiary/aromatic N) is 1. The van der Waals surface area contributed by atoms with Gasteiger partial charge in [-0.2, -0.15) is 0 Å². The molecule has 0 aliphatic heterocycles. The van der Waals surface area contributed by atoms with Crippen LogP contribution in [0.2, 0.25) is 0 Å². The van der Waals surface area contributed by atoms with Gasteiger partial charge >= 0.3 is 0 Å². The van der Waals surface area contributed by atoms with Crippen LogP contribution in [-0.4, -0.2) is 9.97 Å². The molecule has 0 fully saturated rings. The molecule has 1 aromatic heterocycles. The average Bonchev–Trinajstić information content (AvgIpc) is 2.35. The number of aryl methyl sites for hydroxylation is 3. The predicted octanol–water partition coefficient (Wildman–Crippen LogP) is 5.14. The van der Waals surface area contributed by atoms with E-state index in [-0.39, 0.29) is 0 Å². The number of aromatic nitrogens is 2. The van der Waals surface area contributed by atoms with Crippen molar-refractivity contribution in [2.24, 2.45) is 0 Å². The van der Waals surface area contributed by atoms with E-state index in [0.29, 0.717) is 4.64 Å². The van der Waals surface area contributed by atoms with Gasteiger partial charge in [-0.15, -0.1) is 0 Å². The first kappa shape index (κ1) is 14.4. The van der Waals surface area contributed by atoms with Crippen molar-refractivity contribution in [1.29, 1.82) is 0 Å². The third-order valence-corrected chi connectivity index (χ3v) is 4.49. The van der Waals surface area contributed by atoms with Crippen LogP contribution in [0.15, 0.2) is 22.7 Å². The zero-order chi connectivity index (χ0) is 14.0. The molecule has 0 unspecified atom stereocenters. The first-order chi connectivity index (χ1) is 9.01. The molecule has 0 aliphatic rings. The van der Waals surface area contributed by atoms with Crippen LogP contribution in [0.3, 0.4) is 0 Å². The molecule has 4 heteroatoms. The fourth-order valence-electron chi connectivity index (χ4n) is 2.13. The first-order valence-corrected chi connectivity index (χ1v) is 7.58. The molecular formula is C15H17BrN2S. The van der Waals surface area contributed by atoms with Gasteiger partial charge in [0.15, 0.2) is 0 Å². The van der Waals surface area contributed by atoms with Crippen LogP contribution in [0, 0.1) is 18.5 Å². The minimum Gasteiger partial charge on any atom is -0.343 e. The molecule has 0 aliphatic carbocycles. The molecule has 1 N–H and O–H groups in total. The van der Waals surface area contributed by atoms with E-state index >= 15 is 0 Å². The monoisotopic (exact) mass is 336 g/mol. The molecule has 2 aromatic rings. The van der Waals surface area contributed by atoms with Crippen molar-refractivity contribution in [2.75, 3.05) is 0 Å². The molecule has 0 bridgehead atoms. The number of nitrogens with one attached hydrogen (secondary N) is 1. The summed E-state index contributed by atoms with van der Waals surface area (Å²) in [6.45, 7) is 6.33. The molecule has 0 saturated heterocycles. The lowest BCUT2D eigenvalue weighted by Crippen LogP contribution is -1.97. The van der Waals surface area contributed by atoms with Gasteiger partial charge in [0.25, 0.3) is 0 Å². The summed E-state index contributed by atoms with van der Waals surface area (Å²) < 4.78 is 1.80. The summed E-state index contributed by atoms with van der Waals surface area (Å²) >= 11 is 8.84. The largest absolute Gasteiger partial charge is 0.343 e. The summed E-state index contributed by atoms with van der Waals surface area (Å²) in [5.74, 6) is 0.856. The third-order valence-electron chi connectivity index (χ3n) is 3.03. The second-order valence-electron chi connectivity index (χ2n) is 4.77. The minimum atomic E-state index is 0.649. The average molecular weight is 337 g/mol. The highest BCUT2D eigenvalue weighted by atomic mass is 79.9. The normalized spacial score (nSPS) is 10.7. The quantitative estimate of drug-likeness (QED) is 0.786. The molecule has 1 aromatic carbocycles. The molecule has 0 saturated carbocycles. The highest BCUT2D eigenvalue weighted by Crippen LogP contribution is 2.27. The zero-order valence-corrected chi connectivity index (χ0v) is 13.8. The van der Waals surface area contributed by atoms with E-state index in [9.17, 15) is 0 Å². The minimum absolute atomic E-state index is 0.649. The van der Waals surface area contributed by atoms with Gasteiger partial charge in [-0.3, -0.25) is 0 Å². The van der Waals surface area contributed by atoms with Crippen molar-refractivity contribution in [2.45, 2.75) is 33.6 Å². The highest BCUT2D eigenvalue weighted by Gasteiger charge is 2.07. The standard InChI is InChI=1S/C15H17BrN2S/c1-4-5-12-8-13(19)18-15(17-12)11-6-9(2)14(16)10(3)7-11/h6-8H,4-5H2,1-3H3,(H,17,18,19). The molecule has 1 heterocycles. The second kappa shape index (κ2) is 5.97. The van der Waals surface area contributed by atoms with Gasteiger partial charge < -0.3 is 4.98 Å². The van der Waals surface area contributed by atoms with E-state index < -0.39 is 0 Å². The van der Waals surface area contributed by atoms with Crippen molar-refractivity contribution in [3.8, 4) is 11.4 Å². The lowest BCUT2D eigenvalue weighted by molar-refractivity contribution is 0.873. The topological polar surface area (TPSA) is 28.7 Å². The smallest absolute Gasteiger partial charge is 0.139 e. The molecule has 0 amide bonds. The predicted molar refractivity (Wildman–Crippen MR) is 86.0 cm³/mol. The number of rotatable bonds is 3. The maximum Gasteiger partial charge on any atom is 0.139 e. The number of halogens is 1. The first-order valence-electron chi connectivity index (χ1n) is 6.38. The van der Waals surface area contributed by atoms with E-state index in [1.54, 1.807) is 0 Å². The van der Waals surface area contributed by atoms with E-state index in [2.05, 4.69) is 58.8 Å². The molecular weight excluding hydrogens is 320 g/mol. The maximum atomic E-state index is 5.25. The van der Waals surface area contributed by atoms with Crippen molar-refractivity contribution >= 4 is 28.1 Å². The number of benzene rings is 1. The Labute approximate surface area is 127 Å². The van der Waals surface area contributed by atoms with Crippen LogP contribution in [0.5, 0.6) is 0 Å². The number of hydrogen-bond donors (Lipinski definition) is 1. The van der Waals surface area contributed by atoms with E-state index in [4.69, 9.17) is 12.2 Å². The van der Waals surface area contributed by atoms with E-state index in [0.717, 1.165) is 34.4 Å². The van der Waals surface area contributed by atoms with Crippen LogP contribution in [0.4, 0.5) is 0 Å². The fraction of sp³-hybridized carbons (Fsp3) is 0.333. The Hall–Kier alpha value is -1.00. The summed E-state index contributed by atoms with van der Waals surface area (Å²) in [4.78, 5) is 7.83. The van der Waals surface area contributed by atoms with Gasteiger partial charge in [0.2, 0.25) is 0 Å². The Kier molecular flexibility index (Phi) is 4.53. The summed E-state index contributed by atoms with van der Waals surface area (Å²) in [7, 11) is 0. The molecule has 2 nitrogen and oxygen atoms in total. The van der Waals surface area contributed by atoms with E-state index in [1.165, 1.54) is 11.1 Å². The number of H-pyrrole nitrogens is 1. The van der Waals surface area contributed by atoms with Gasteiger partial charge in [-0.25, -0.2) is 4.98 Å². The molecule has 19 heavy (non-hydrogen) atoms. The summed E-state index contributed by atoms with van der Waals surface area (Å²) in [6.07, 6.45) is 2.08. The van der Waals surface area contributed by atoms with Crippen LogP contribution < -0.4 is 0 Å². The molecule has 100 valence electrons. The van der Waals surface area contributed by atoms with Crippen molar-refractivity contribution in [3.63, 3.8) is 0 Å². The van der Waals surface area contributed by atoms with Crippen molar-refractivity contribution in [1.82, 2.24) is 9.97 Å². The fourth-order valence-corrected chi connectivity index (χ4v) is 2.59. The Morgan fingerprint density at radius 1 is 1.21 bits per heavy atom. The Bertz CT molecular complexity index is 638. The Balaban J connectivity index is 2.55. The SMILES string of the molecule is CCCc1cc(=S)nc(-c2cc(C)c(Br)c(C)c2)[nH]1. The lowest BCUT2D eigenvalue weighted by atomic mass is 10.1. The summed E-state index contributed by atoms with van der Waals surface area (Å²) in [5, 5.41) is 0. The van der Waals surface area contributed by atoms with Gasteiger partial charge in [-0.1, -0.05) is 41.5 Å². The second-order valence-corrected chi connectivity index (χ2v) is 5.98. The molecule has 0 atom stereocenters. The summed E-state index contributed by atoms with van der Waals surface area (Å²) in [6, 6.07) is 6.20. The van der Waals surface area contributed by atoms with E-state index in [1.807, 2.05) is 6.07 Å². The molecule has 2 rings (SSSR count).